The minimum absolute atomic E-state index is 0. The molecule has 65 heavy (non-hydrogen) atoms. The van der Waals surface area contributed by atoms with E-state index in [1.54, 1.807) is 72.8 Å². The fourth-order valence-corrected chi connectivity index (χ4v) is 7.03. The molecule has 12 nitrogen and oxygen atoms in total. The van der Waals surface area contributed by atoms with E-state index in [2.05, 4.69) is 44.9 Å². The number of nitrogens with one attached hydrogen (secondary N) is 2. The third-order valence-corrected chi connectivity index (χ3v) is 10.2. The van der Waals surface area contributed by atoms with E-state index in [0.29, 0.717) is 22.1 Å². The Bertz CT molecular complexity index is 2810. The SMILES string of the molecule is CCCc1ccc(N=Nc2c(O)c(C(=O)Nc3ccccc3)cc3ccccc23)c(O)c1.CCCc1ccc(N=Nc2c(O)c(C(=O)Nc3ccccc3)cc3ccccc23)c(O)c1.[Fe]. The molecule has 0 aliphatic carbocycles. The molecule has 0 unspecified atom stereocenters. The molecule has 0 heterocycles. The second-order valence-corrected chi connectivity index (χ2v) is 14.9. The maximum Gasteiger partial charge on any atom is 0.259 e. The summed E-state index contributed by atoms with van der Waals surface area (Å²) in [4.78, 5) is 25.7. The molecular weight excluding hydrogens is 860 g/mol. The first-order valence-corrected chi connectivity index (χ1v) is 20.8. The Balaban J connectivity index is 0.000000212. The Morgan fingerprint density at radius 1 is 0.462 bits per heavy atom. The maximum atomic E-state index is 12.9. The number of hydrogen-bond donors (Lipinski definition) is 6. The summed E-state index contributed by atoms with van der Waals surface area (Å²) < 4.78 is 0. The number of phenolic OH excluding ortho intramolecular Hbond substituents is 4. The molecule has 2 amide bonds. The number of azo groups is 2. The van der Waals surface area contributed by atoms with Crippen molar-refractivity contribution in [1.82, 2.24) is 0 Å². The molecule has 8 aromatic rings. The summed E-state index contributed by atoms with van der Waals surface area (Å²) in [5.41, 5.74) is 4.33. The van der Waals surface area contributed by atoms with Crippen molar-refractivity contribution in [3.63, 3.8) is 0 Å². The second-order valence-electron chi connectivity index (χ2n) is 14.9. The third kappa shape index (κ3) is 11.4. The average molecular weight is 907 g/mol. The zero-order chi connectivity index (χ0) is 45.0. The normalized spacial score (nSPS) is 11.0. The second kappa shape index (κ2) is 22.0. The number of benzene rings is 8. The largest absolute Gasteiger partial charge is 0.506 e. The van der Waals surface area contributed by atoms with E-state index in [-0.39, 0.29) is 73.9 Å². The molecule has 0 spiro atoms. The number of carbonyl (C=O) groups excluding carboxylic acids is 2. The number of carbonyl (C=O) groups is 2. The van der Waals surface area contributed by atoms with Gasteiger partial charge in [0.2, 0.25) is 0 Å². The van der Waals surface area contributed by atoms with Crippen LogP contribution in [0.15, 0.2) is 178 Å². The average Bonchev–Trinajstić information content (AvgIpc) is 3.30. The standard InChI is InChI=1S/2C26H23N3O3.Fe/c2*1-2-8-17-13-14-22(23(30)15-17)28-29-24-20-12-7-6-9-18(20)16-21(25(24)31)26(32)27-19-10-4-3-5-11-19;/h2*3-7,9-16,30-31H,2,8H2,1H3,(H,27,32);. The molecule has 328 valence electrons. The Hall–Kier alpha value is -7.86. The molecule has 0 bridgehead atoms. The van der Waals surface area contributed by atoms with Crippen LogP contribution in [0.3, 0.4) is 0 Å². The molecule has 0 fully saturated rings. The Labute approximate surface area is 386 Å². The van der Waals surface area contributed by atoms with Gasteiger partial charge in [0.1, 0.15) is 34.2 Å². The summed E-state index contributed by atoms with van der Waals surface area (Å²) in [6, 6.07) is 46.4. The first-order chi connectivity index (χ1) is 31.1. The molecule has 0 aliphatic rings. The van der Waals surface area contributed by atoms with E-state index in [0.717, 1.165) is 47.6 Å². The minimum Gasteiger partial charge on any atom is -0.506 e. The van der Waals surface area contributed by atoms with Crippen molar-refractivity contribution < 1.29 is 47.1 Å². The van der Waals surface area contributed by atoms with Crippen LogP contribution in [0.4, 0.5) is 34.1 Å². The first-order valence-electron chi connectivity index (χ1n) is 20.8. The summed E-state index contributed by atoms with van der Waals surface area (Å²) in [6.07, 6.45) is 3.65. The van der Waals surface area contributed by atoms with Gasteiger partial charge >= 0.3 is 0 Å². The van der Waals surface area contributed by atoms with E-state index in [1.165, 1.54) is 0 Å². The van der Waals surface area contributed by atoms with Crippen molar-refractivity contribution in [3.8, 4) is 23.0 Å². The van der Waals surface area contributed by atoms with Crippen LogP contribution in [-0.4, -0.2) is 32.2 Å². The van der Waals surface area contributed by atoms with Crippen LogP contribution in [0.5, 0.6) is 23.0 Å². The van der Waals surface area contributed by atoms with Crippen molar-refractivity contribution in [2.75, 3.05) is 10.6 Å². The number of aromatic hydroxyl groups is 4. The Morgan fingerprint density at radius 2 is 0.831 bits per heavy atom. The van der Waals surface area contributed by atoms with Crippen molar-refractivity contribution in [2.45, 2.75) is 39.5 Å². The molecule has 6 N–H and O–H groups in total. The van der Waals surface area contributed by atoms with Crippen LogP contribution < -0.4 is 10.6 Å². The Kier molecular flexibility index (Phi) is 15.8. The Morgan fingerprint density at radius 3 is 1.20 bits per heavy atom. The number of fused-ring (bicyclic) bond motifs is 2. The van der Waals surface area contributed by atoms with Gasteiger partial charge < -0.3 is 31.1 Å². The van der Waals surface area contributed by atoms with Crippen LogP contribution in [-0.2, 0) is 29.9 Å². The number of phenols is 4. The molecule has 0 aromatic heterocycles. The maximum absolute atomic E-state index is 12.9. The number of rotatable bonds is 12. The zero-order valence-electron chi connectivity index (χ0n) is 35.6. The number of anilines is 2. The van der Waals surface area contributed by atoms with Gasteiger partial charge in [-0.05, 0) is 95.4 Å². The van der Waals surface area contributed by atoms with E-state index >= 15 is 0 Å². The predicted molar refractivity (Wildman–Crippen MR) is 253 cm³/mol. The van der Waals surface area contributed by atoms with Crippen LogP contribution in [0, 0.1) is 0 Å². The van der Waals surface area contributed by atoms with Gasteiger partial charge in [0.25, 0.3) is 11.8 Å². The van der Waals surface area contributed by atoms with Crippen LogP contribution in [0.25, 0.3) is 21.5 Å². The first kappa shape index (κ1) is 46.6. The molecule has 0 atom stereocenters. The van der Waals surface area contributed by atoms with Gasteiger partial charge in [-0.2, -0.15) is 0 Å². The third-order valence-electron chi connectivity index (χ3n) is 10.2. The zero-order valence-corrected chi connectivity index (χ0v) is 36.7. The van der Waals surface area contributed by atoms with Crippen LogP contribution in [0.2, 0.25) is 0 Å². The van der Waals surface area contributed by atoms with E-state index in [4.69, 9.17) is 0 Å². The minimum atomic E-state index is -0.456. The van der Waals surface area contributed by atoms with Gasteiger partial charge in [-0.15, -0.1) is 20.5 Å². The molecular formula is C52H46FeN6O6. The van der Waals surface area contributed by atoms with Crippen LogP contribution in [0.1, 0.15) is 58.5 Å². The molecule has 0 radical (unpaired) electrons. The van der Waals surface area contributed by atoms with E-state index in [1.807, 2.05) is 84.9 Å². The van der Waals surface area contributed by atoms with Gasteiger partial charge in [-0.25, -0.2) is 0 Å². The van der Waals surface area contributed by atoms with Gasteiger partial charge in [-0.1, -0.05) is 124 Å². The topological polar surface area (TPSA) is 189 Å². The van der Waals surface area contributed by atoms with Crippen molar-refractivity contribution in [2.24, 2.45) is 20.5 Å². The van der Waals surface area contributed by atoms with Gasteiger partial charge in [0.15, 0.2) is 11.5 Å². The summed E-state index contributed by atoms with van der Waals surface area (Å²) >= 11 is 0. The summed E-state index contributed by atoms with van der Waals surface area (Å²) in [5, 5.41) is 67.5. The molecule has 0 saturated heterocycles. The number of nitrogens with zero attached hydrogens (tertiary/aromatic N) is 4. The molecule has 0 saturated carbocycles. The summed E-state index contributed by atoms with van der Waals surface area (Å²) in [7, 11) is 0. The van der Waals surface area contributed by atoms with Gasteiger partial charge in [0, 0.05) is 39.2 Å². The fourth-order valence-electron chi connectivity index (χ4n) is 7.03. The predicted octanol–water partition coefficient (Wildman–Crippen LogP) is 13.7. The van der Waals surface area contributed by atoms with Crippen molar-refractivity contribution in [3.05, 3.63) is 180 Å². The van der Waals surface area contributed by atoms with Gasteiger partial charge in [-0.3, -0.25) is 9.59 Å². The smallest absolute Gasteiger partial charge is 0.259 e. The van der Waals surface area contributed by atoms with Crippen molar-refractivity contribution >= 4 is 67.5 Å². The number of aryl methyl sites for hydroxylation is 2. The van der Waals surface area contributed by atoms with Crippen molar-refractivity contribution in [1.29, 1.82) is 0 Å². The summed E-state index contributed by atoms with van der Waals surface area (Å²) in [5.74, 6) is -1.43. The molecule has 0 aliphatic heterocycles. The molecule has 8 rings (SSSR count). The quantitative estimate of drug-likeness (QED) is 0.0522. The number of para-hydroxylation sites is 2. The van der Waals surface area contributed by atoms with E-state index in [9.17, 15) is 30.0 Å². The number of amides is 2. The van der Waals surface area contributed by atoms with Crippen LogP contribution >= 0.6 is 0 Å². The molecule has 13 heteroatoms. The number of hydrogen-bond acceptors (Lipinski definition) is 10. The van der Waals surface area contributed by atoms with Gasteiger partial charge in [0.05, 0.1) is 11.1 Å². The fraction of sp³-hybridized carbons (Fsp3) is 0.115. The monoisotopic (exact) mass is 906 g/mol. The molecule has 8 aromatic carbocycles. The summed E-state index contributed by atoms with van der Waals surface area (Å²) in [6.45, 7) is 4.14. The van der Waals surface area contributed by atoms with E-state index < -0.39 is 11.8 Å².